The molecule has 384 valence electrons. The van der Waals surface area contributed by atoms with Crippen LogP contribution in [0.1, 0.15) is 156 Å². The first-order valence-electron chi connectivity index (χ1n) is 22.5. The molecular weight excluding hydrogens is 885 g/mol. The molecule has 21 heteroatoms. The first-order valence-corrected chi connectivity index (χ1v) is 22.5. The molecule has 0 atom stereocenters. The average Bonchev–Trinajstić information content (AvgIpc) is 3.09. The topological polar surface area (TPSA) is 258 Å². The maximum absolute atomic E-state index is 14.1. The van der Waals surface area contributed by atoms with E-state index >= 15 is 0 Å². The fraction of sp³-hybridized carbons (Fsp3) is 0.681. The molecule has 21 nitrogen and oxygen atoms in total. The van der Waals surface area contributed by atoms with Crippen molar-refractivity contribution in [3.05, 3.63) is 29.8 Å². The molecule has 4 N–H and O–H groups in total. The van der Waals surface area contributed by atoms with E-state index in [0.29, 0.717) is 24.2 Å². The Bertz CT molecular complexity index is 1910. The van der Waals surface area contributed by atoms with E-state index in [4.69, 9.17) is 38.6 Å². The van der Waals surface area contributed by atoms with Gasteiger partial charge in [0.1, 0.15) is 45.2 Å². The van der Waals surface area contributed by atoms with Crippen molar-refractivity contribution >= 4 is 54.3 Å². The number of hydrogen-bond acceptors (Lipinski definition) is 15. The number of rotatable bonds is 12. The van der Waals surface area contributed by atoms with Crippen molar-refractivity contribution in [2.45, 2.75) is 184 Å². The number of unbranched alkanes of at least 4 members (excludes halogenated alkanes) is 2. The van der Waals surface area contributed by atoms with Crippen LogP contribution in [0.25, 0.3) is 0 Å². The molecule has 0 fully saturated rings. The van der Waals surface area contributed by atoms with E-state index < -0.39 is 76.1 Å². The van der Waals surface area contributed by atoms with Gasteiger partial charge in [0, 0.05) is 25.2 Å². The predicted molar refractivity (Wildman–Crippen MR) is 257 cm³/mol. The molecule has 0 aliphatic heterocycles. The largest absolute Gasteiger partial charge is 0.494 e. The summed E-state index contributed by atoms with van der Waals surface area (Å²) in [6.45, 7) is 30.0. The highest BCUT2D eigenvalue weighted by Gasteiger charge is 2.35. The number of carbonyl (C=O) groups is 6. The minimum atomic E-state index is -1.09. The molecule has 0 saturated heterocycles. The van der Waals surface area contributed by atoms with Gasteiger partial charge in [-0.05, 0) is 175 Å². The molecule has 68 heavy (non-hydrogen) atoms. The number of amides is 6. The number of benzene rings is 1. The Balaban J connectivity index is 3.51. The second kappa shape index (κ2) is 25.3. The Kier molecular flexibility index (Phi) is 22.3. The molecule has 1 rings (SSSR count). The Morgan fingerprint density at radius 1 is 0.515 bits per heavy atom. The molecule has 0 unspecified atom stereocenters. The fourth-order valence-corrected chi connectivity index (χ4v) is 5.08. The van der Waals surface area contributed by atoms with Crippen LogP contribution in [0.5, 0.6) is 5.75 Å². The van der Waals surface area contributed by atoms with Gasteiger partial charge in [-0.2, -0.15) is 0 Å². The van der Waals surface area contributed by atoms with Gasteiger partial charge in [-0.25, -0.2) is 38.6 Å². The van der Waals surface area contributed by atoms with Crippen LogP contribution >= 0.6 is 0 Å². The van der Waals surface area contributed by atoms with Crippen LogP contribution in [-0.4, -0.2) is 124 Å². The van der Waals surface area contributed by atoms with Gasteiger partial charge in [-0.3, -0.25) is 26.4 Å². The van der Waals surface area contributed by atoms with Crippen LogP contribution in [0.4, 0.5) is 28.8 Å². The summed E-state index contributed by atoms with van der Waals surface area (Å²) in [7, 11) is 0. The summed E-state index contributed by atoms with van der Waals surface area (Å²) in [5, 5.41) is 15.5. The van der Waals surface area contributed by atoms with E-state index in [1.165, 1.54) is 0 Å². The lowest BCUT2D eigenvalue weighted by Gasteiger charge is -2.34. The van der Waals surface area contributed by atoms with E-state index in [0.717, 1.165) is 9.80 Å². The maximum atomic E-state index is 14.1. The van der Waals surface area contributed by atoms with Crippen LogP contribution in [0.2, 0.25) is 0 Å². The minimum absolute atomic E-state index is 0.0342. The molecule has 0 bridgehead atoms. The first kappa shape index (κ1) is 59.9. The van der Waals surface area contributed by atoms with E-state index in [9.17, 15) is 28.8 Å². The highest BCUT2D eigenvalue weighted by atomic mass is 16.6. The highest BCUT2D eigenvalue weighted by molar-refractivity contribution is 6.06. The number of hydrogen-bond donors (Lipinski definition) is 4. The average molecular weight is 963 g/mol. The van der Waals surface area contributed by atoms with Gasteiger partial charge in [0.25, 0.3) is 0 Å². The lowest BCUT2D eigenvalue weighted by Crippen LogP contribution is -2.53. The Morgan fingerprint density at radius 2 is 0.912 bits per heavy atom. The summed E-state index contributed by atoms with van der Waals surface area (Å²) in [5.41, 5.74) is -5.02. The molecule has 0 aliphatic rings. The maximum Gasteiger partial charge on any atom is 0.437 e. The quantitative estimate of drug-likeness (QED) is 0.0659. The van der Waals surface area contributed by atoms with Gasteiger partial charge in [-0.15, -0.1) is 4.99 Å². The number of carbonyl (C=O) groups excluding carboxylic acids is 6. The van der Waals surface area contributed by atoms with Crippen LogP contribution in [-0.2, 0) is 28.4 Å². The third-order valence-corrected chi connectivity index (χ3v) is 7.41. The lowest BCUT2D eigenvalue weighted by atomic mass is 10.2. The standard InChI is InChI=1S/C47H78N8O13/c1-42(2,3)63-36(56)50-33(48)31-23-25-32(26-24-31)62-30-22-29-55(41(61)68-47(16,17)18)35(53-39(59)66-45(10,11)12)54(40(60)67-46(13,14)15)28-21-19-20-27-49-34(51-37(57)64-43(4,5)6)52-38(58)65-44(7,8)9/h23-26H,19-22,27-30H2,1-18H3,(H2,48,50,56)(H2,49,51,52,57,58). The monoisotopic (exact) mass is 963 g/mol. The molecule has 6 amide bonds. The molecule has 0 aliphatic carbocycles. The van der Waals surface area contributed by atoms with Crippen molar-refractivity contribution in [2.75, 3.05) is 26.2 Å². The Morgan fingerprint density at radius 3 is 1.32 bits per heavy atom. The Hall–Kier alpha value is -6.15. The molecule has 0 radical (unpaired) electrons. The first-order chi connectivity index (χ1) is 30.8. The molecule has 1 aromatic rings. The highest BCUT2D eigenvalue weighted by Crippen LogP contribution is 2.20. The second-order valence-electron chi connectivity index (χ2n) is 21.4. The fourth-order valence-electron chi connectivity index (χ4n) is 5.08. The molecule has 0 heterocycles. The summed E-state index contributed by atoms with van der Waals surface area (Å²) in [6, 6.07) is 6.37. The van der Waals surface area contributed by atoms with Crippen molar-refractivity contribution in [2.24, 2.45) is 9.98 Å². The number of amidine groups is 1. The zero-order chi connectivity index (χ0) is 52.5. The number of ether oxygens (including phenoxy) is 7. The van der Waals surface area contributed by atoms with Gasteiger partial charge in [0.05, 0.1) is 6.61 Å². The SMILES string of the molecule is CC(C)(C)OC(=O)N=C(N(CCCCCN=C(NC(=O)OC(C)(C)C)NC(=O)OC(C)(C)C)C(=O)OC(C)(C)C)N(CCCOc1ccc(C(=N)NC(=O)OC(C)(C)C)cc1)C(=O)OC(C)(C)C. The molecule has 1 aromatic carbocycles. The summed E-state index contributed by atoms with van der Waals surface area (Å²) >= 11 is 0. The van der Waals surface area contributed by atoms with Gasteiger partial charge in [0.15, 0.2) is 0 Å². The molecular formula is C47H78N8O13. The lowest BCUT2D eigenvalue weighted by molar-refractivity contribution is 0.0267. The van der Waals surface area contributed by atoms with Crippen LogP contribution in [0.15, 0.2) is 34.3 Å². The van der Waals surface area contributed by atoms with Gasteiger partial charge in [-0.1, -0.05) is 0 Å². The number of nitrogens with zero attached hydrogens (tertiary/aromatic N) is 4. The van der Waals surface area contributed by atoms with E-state index in [-0.39, 0.29) is 50.9 Å². The third-order valence-electron chi connectivity index (χ3n) is 7.41. The third kappa shape index (κ3) is 28.1. The zero-order valence-electron chi connectivity index (χ0n) is 43.6. The smallest absolute Gasteiger partial charge is 0.437 e. The van der Waals surface area contributed by atoms with Crippen molar-refractivity contribution in [1.29, 1.82) is 5.41 Å². The summed E-state index contributed by atoms with van der Waals surface area (Å²) < 4.78 is 38.9. The van der Waals surface area contributed by atoms with Gasteiger partial charge >= 0.3 is 36.6 Å². The minimum Gasteiger partial charge on any atom is -0.494 e. The predicted octanol–water partition coefficient (Wildman–Crippen LogP) is 9.65. The van der Waals surface area contributed by atoms with Gasteiger partial charge in [0.2, 0.25) is 11.9 Å². The van der Waals surface area contributed by atoms with E-state index in [1.54, 1.807) is 149 Å². The van der Waals surface area contributed by atoms with Crippen molar-refractivity contribution in [1.82, 2.24) is 25.8 Å². The normalized spacial score (nSPS) is 12.4. The second-order valence-corrected chi connectivity index (χ2v) is 21.4. The van der Waals surface area contributed by atoms with Crippen LogP contribution in [0.3, 0.4) is 0 Å². The molecule has 0 spiro atoms. The number of guanidine groups is 2. The van der Waals surface area contributed by atoms with Crippen molar-refractivity contribution in [3.8, 4) is 5.75 Å². The summed E-state index contributed by atoms with van der Waals surface area (Å²) in [6.07, 6.45) is -4.20. The zero-order valence-corrected chi connectivity index (χ0v) is 43.6. The van der Waals surface area contributed by atoms with E-state index in [1.807, 2.05) is 0 Å². The summed E-state index contributed by atoms with van der Waals surface area (Å²) in [4.78, 5) is 89.6. The van der Waals surface area contributed by atoms with E-state index in [2.05, 4.69) is 25.9 Å². The van der Waals surface area contributed by atoms with Crippen molar-refractivity contribution < 1.29 is 61.9 Å². The number of alkyl carbamates (subject to hydrolysis) is 3. The number of aliphatic imine (C=N–C) groups is 2. The Labute approximate surface area is 402 Å². The van der Waals surface area contributed by atoms with Gasteiger partial charge < -0.3 is 33.2 Å². The van der Waals surface area contributed by atoms with Crippen molar-refractivity contribution in [3.63, 3.8) is 0 Å². The molecule has 0 saturated carbocycles. The van der Waals surface area contributed by atoms with Crippen LogP contribution < -0.4 is 20.7 Å². The summed E-state index contributed by atoms with van der Waals surface area (Å²) in [5.74, 6) is -0.365. The molecule has 0 aromatic heterocycles. The van der Waals surface area contributed by atoms with Crippen LogP contribution in [0, 0.1) is 5.41 Å². The number of nitrogens with one attached hydrogen (secondary N) is 4.